The Hall–Kier alpha value is -2.30. The molecule has 1 aromatic heterocycles. The van der Waals surface area contributed by atoms with Crippen LogP contribution in [0.25, 0.3) is 11.4 Å². The number of carboxylic acids is 1. The van der Waals surface area contributed by atoms with Gasteiger partial charge in [-0.2, -0.15) is 0 Å². The Morgan fingerprint density at radius 3 is 2.85 bits per heavy atom. The minimum Gasteiger partial charge on any atom is -0.507 e. The van der Waals surface area contributed by atoms with Gasteiger partial charge in [-0.1, -0.05) is 19.1 Å². The molecule has 1 atom stereocenters. The number of carboxylic acid groups (broad SMARTS) is 1. The third kappa shape index (κ3) is 1.95. The quantitative estimate of drug-likeness (QED) is 0.881. The Labute approximate surface area is 116 Å². The molecular formula is C15H16N2O3. The Morgan fingerprint density at radius 1 is 1.40 bits per heavy atom. The standard InChI is InChI=1S/C15H16N2O3/c1-9-6-7-17-11(8-9)13(15(19)20)16-14(17)10-4-2-3-5-12(10)18/h2-5,9,18H,6-8H2,1H3,(H,19,20). The molecule has 2 heterocycles. The van der Waals surface area contributed by atoms with Crippen LogP contribution in [-0.2, 0) is 13.0 Å². The number of aromatic carboxylic acids is 1. The summed E-state index contributed by atoms with van der Waals surface area (Å²) in [6.45, 7) is 2.85. The molecule has 0 amide bonds. The zero-order valence-corrected chi connectivity index (χ0v) is 11.2. The van der Waals surface area contributed by atoms with Crippen LogP contribution in [0.2, 0.25) is 0 Å². The second-order valence-electron chi connectivity index (χ2n) is 5.30. The molecule has 1 aliphatic rings. The number of imidazole rings is 1. The molecule has 2 N–H and O–H groups in total. The minimum atomic E-state index is -1.01. The molecule has 0 saturated carbocycles. The summed E-state index contributed by atoms with van der Waals surface area (Å²) in [5, 5.41) is 19.3. The summed E-state index contributed by atoms with van der Waals surface area (Å²) in [6.07, 6.45) is 1.70. The number of phenolic OH excluding ortho intramolecular Hbond substituents is 1. The number of carbonyl (C=O) groups is 1. The molecule has 5 nitrogen and oxygen atoms in total. The fourth-order valence-corrected chi connectivity index (χ4v) is 2.76. The third-order valence-electron chi connectivity index (χ3n) is 3.81. The van der Waals surface area contributed by atoms with E-state index in [0.717, 1.165) is 18.7 Å². The van der Waals surface area contributed by atoms with Crippen molar-refractivity contribution in [2.75, 3.05) is 0 Å². The van der Waals surface area contributed by atoms with Crippen LogP contribution in [0, 0.1) is 5.92 Å². The molecule has 1 aromatic carbocycles. The second-order valence-corrected chi connectivity index (χ2v) is 5.30. The average Bonchev–Trinajstić information content (AvgIpc) is 2.78. The van der Waals surface area contributed by atoms with Crippen molar-refractivity contribution in [3.8, 4) is 17.1 Å². The first-order chi connectivity index (χ1) is 9.58. The van der Waals surface area contributed by atoms with Crippen molar-refractivity contribution >= 4 is 5.97 Å². The summed E-state index contributed by atoms with van der Waals surface area (Å²) in [5.74, 6) is 0.109. The lowest BCUT2D eigenvalue weighted by molar-refractivity contribution is 0.0689. The first kappa shape index (κ1) is 12.7. The van der Waals surface area contributed by atoms with Gasteiger partial charge >= 0.3 is 5.97 Å². The molecule has 0 fully saturated rings. The maximum atomic E-state index is 11.4. The predicted octanol–water partition coefficient (Wildman–Crippen LogP) is 2.54. The van der Waals surface area contributed by atoms with Crippen LogP contribution in [-0.4, -0.2) is 25.7 Å². The van der Waals surface area contributed by atoms with E-state index in [4.69, 9.17) is 0 Å². The lowest BCUT2D eigenvalue weighted by Gasteiger charge is -2.22. The molecule has 0 bridgehead atoms. The number of rotatable bonds is 2. The van der Waals surface area contributed by atoms with E-state index in [-0.39, 0.29) is 11.4 Å². The van der Waals surface area contributed by atoms with Crippen molar-refractivity contribution < 1.29 is 15.0 Å². The first-order valence-electron chi connectivity index (χ1n) is 6.69. The molecule has 0 spiro atoms. The van der Waals surface area contributed by atoms with E-state index in [1.807, 2.05) is 10.6 Å². The van der Waals surface area contributed by atoms with Gasteiger partial charge in [0, 0.05) is 6.54 Å². The fourth-order valence-electron chi connectivity index (χ4n) is 2.76. The largest absolute Gasteiger partial charge is 0.507 e. The van der Waals surface area contributed by atoms with E-state index in [1.165, 1.54) is 0 Å². The van der Waals surface area contributed by atoms with Crippen LogP contribution < -0.4 is 0 Å². The number of aromatic hydroxyl groups is 1. The van der Waals surface area contributed by atoms with Crippen LogP contribution in [0.1, 0.15) is 29.5 Å². The van der Waals surface area contributed by atoms with Gasteiger partial charge in [-0.15, -0.1) is 0 Å². The number of hydrogen-bond donors (Lipinski definition) is 2. The smallest absolute Gasteiger partial charge is 0.356 e. The summed E-state index contributed by atoms with van der Waals surface area (Å²) in [7, 11) is 0. The van der Waals surface area contributed by atoms with E-state index in [0.29, 0.717) is 23.7 Å². The summed E-state index contributed by atoms with van der Waals surface area (Å²) < 4.78 is 1.93. The molecule has 20 heavy (non-hydrogen) atoms. The van der Waals surface area contributed by atoms with Crippen LogP contribution in [0.3, 0.4) is 0 Å². The highest BCUT2D eigenvalue weighted by Crippen LogP contribution is 2.33. The van der Waals surface area contributed by atoms with Crippen LogP contribution in [0.5, 0.6) is 5.75 Å². The number of benzene rings is 1. The number of phenols is 1. The maximum Gasteiger partial charge on any atom is 0.356 e. The summed E-state index contributed by atoms with van der Waals surface area (Å²) in [4.78, 5) is 15.6. The zero-order valence-electron chi connectivity index (χ0n) is 11.2. The van der Waals surface area contributed by atoms with Gasteiger partial charge in [0.2, 0.25) is 0 Å². The topological polar surface area (TPSA) is 75.3 Å². The molecular weight excluding hydrogens is 256 g/mol. The molecule has 3 rings (SSSR count). The average molecular weight is 272 g/mol. The van der Waals surface area contributed by atoms with E-state index in [2.05, 4.69) is 11.9 Å². The van der Waals surface area contributed by atoms with E-state index in [9.17, 15) is 15.0 Å². The van der Waals surface area contributed by atoms with Crippen LogP contribution >= 0.6 is 0 Å². The Bertz CT molecular complexity index is 676. The molecule has 104 valence electrons. The first-order valence-corrected chi connectivity index (χ1v) is 6.69. The molecule has 0 aliphatic carbocycles. The van der Waals surface area contributed by atoms with Crippen molar-refractivity contribution in [2.24, 2.45) is 5.92 Å². The molecule has 0 radical (unpaired) electrons. The Morgan fingerprint density at radius 2 is 2.15 bits per heavy atom. The van der Waals surface area contributed by atoms with Gasteiger partial charge < -0.3 is 14.8 Å². The van der Waals surface area contributed by atoms with E-state index in [1.54, 1.807) is 18.2 Å². The molecule has 2 aromatic rings. The van der Waals surface area contributed by atoms with Crippen molar-refractivity contribution in [1.82, 2.24) is 9.55 Å². The maximum absolute atomic E-state index is 11.4. The van der Waals surface area contributed by atoms with Crippen molar-refractivity contribution in [1.29, 1.82) is 0 Å². The van der Waals surface area contributed by atoms with Gasteiger partial charge in [-0.05, 0) is 30.9 Å². The summed E-state index contributed by atoms with van der Waals surface area (Å²) in [6, 6.07) is 6.89. The van der Waals surface area contributed by atoms with Gasteiger partial charge in [0.1, 0.15) is 11.6 Å². The number of hydrogen-bond acceptors (Lipinski definition) is 3. The molecule has 5 heteroatoms. The monoisotopic (exact) mass is 272 g/mol. The van der Waals surface area contributed by atoms with Crippen LogP contribution in [0.15, 0.2) is 24.3 Å². The van der Waals surface area contributed by atoms with Gasteiger partial charge in [0.05, 0.1) is 11.3 Å². The molecule has 0 saturated heterocycles. The van der Waals surface area contributed by atoms with Crippen molar-refractivity contribution in [3.63, 3.8) is 0 Å². The minimum absolute atomic E-state index is 0.106. The Balaban J connectivity index is 2.20. The van der Waals surface area contributed by atoms with Crippen LogP contribution in [0.4, 0.5) is 0 Å². The zero-order chi connectivity index (χ0) is 14.3. The molecule has 1 unspecified atom stereocenters. The number of nitrogens with zero attached hydrogens (tertiary/aromatic N) is 2. The third-order valence-corrected chi connectivity index (χ3v) is 3.81. The highest BCUT2D eigenvalue weighted by molar-refractivity contribution is 5.88. The van der Waals surface area contributed by atoms with E-state index < -0.39 is 5.97 Å². The highest BCUT2D eigenvalue weighted by atomic mass is 16.4. The normalized spacial score (nSPS) is 17.8. The van der Waals surface area contributed by atoms with Gasteiger partial charge in [-0.3, -0.25) is 0 Å². The highest BCUT2D eigenvalue weighted by Gasteiger charge is 2.27. The lowest BCUT2D eigenvalue weighted by Crippen LogP contribution is -2.19. The Kier molecular flexibility index (Phi) is 2.97. The number of para-hydroxylation sites is 1. The van der Waals surface area contributed by atoms with Crippen molar-refractivity contribution in [3.05, 3.63) is 35.7 Å². The lowest BCUT2D eigenvalue weighted by atomic mass is 9.97. The van der Waals surface area contributed by atoms with E-state index >= 15 is 0 Å². The van der Waals surface area contributed by atoms with Crippen molar-refractivity contribution in [2.45, 2.75) is 26.3 Å². The second kappa shape index (κ2) is 4.67. The summed E-state index contributed by atoms with van der Waals surface area (Å²) >= 11 is 0. The predicted molar refractivity (Wildman–Crippen MR) is 73.8 cm³/mol. The van der Waals surface area contributed by atoms with Gasteiger partial charge in [0.15, 0.2) is 5.69 Å². The van der Waals surface area contributed by atoms with Gasteiger partial charge in [-0.25, -0.2) is 9.78 Å². The fraction of sp³-hybridized carbons (Fsp3) is 0.333. The summed E-state index contributed by atoms with van der Waals surface area (Å²) in [5.41, 5.74) is 1.44. The number of fused-ring (bicyclic) bond motifs is 1. The van der Waals surface area contributed by atoms with Gasteiger partial charge in [0.25, 0.3) is 0 Å². The molecule has 1 aliphatic heterocycles. The SMILES string of the molecule is CC1CCn2c(-c3ccccc3O)nc(C(=O)O)c2C1. The number of aromatic nitrogens is 2.